The highest BCUT2D eigenvalue weighted by molar-refractivity contribution is 14.1. The van der Waals surface area contributed by atoms with Crippen LogP contribution in [0.2, 0.25) is 0 Å². The lowest BCUT2D eigenvalue weighted by Crippen LogP contribution is -2.38. The topological polar surface area (TPSA) is 21.3 Å². The monoisotopic (exact) mass is 359 g/mol. The van der Waals surface area contributed by atoms with E-state index in [1.165, 1.54) is 22.0 Å². The Morgan fingerprint density at radius 2 is 2.17 bits per heavy atom. The summed E-state index contributed by atoms with van der Waals surface area (Å²) in [4.78, 5) is 0. The van der Waals surface area contributed by atoms with Gasteiger partial charge < -0.3 is 10.1 Å². The smallest absolute Gasteiger partial charge is 0.0510 e. The number of halogens is 1. The Kier molecular flexibility index (Phi) is 5.92. The van der Waals surface area contributed by atoms with Crippen molar-refractivity contribution in [3.8, 4) is 0 Å². The SMILES string of the molecule is CCCNC(Cc1ccc(I)cc1)C1CCOC1. The van der Waals surface area contributed by atoms with Gasteiger partial charge in [-0.1, -0.05) is 19.1 Å². The molecule has 0 bridgehead atoms. The lowest BCUT2D eigenvalue weighted by molar-refractivity contribution is 0.176. The second-order valence-corrected chi connectivity index (χ2v) is 6.26. The zero-order valence-electron chi connectivity index (χ0n) is 11.0. The quantitative estimate of drug-likeness (QED) is 0.788. The third-order valence-electron chi connectivity index (χ3n) is 3.56. The molecule has 0 saturated carbocycles. The highest BCUT2D eigenvalue weighted by Crippen LogP contribution is 2.20. The van der Waals surface area contributed by atoms with Gasteiger partial charge in [-0.3, -0.25) is 0 Å². The summed E-state index contributed by atoms with van der Waals surface area (Å²) in [6.45, 7) is 5.18. The third-order valence-corrected chi connectivity index (χ3v) is 4.28. The Morgan fingerprint density at radius 1 is 1.39 bits per heavy atom. The fourth-order valence-corrected chi connectivity index (χ4v) is 2.84. The van der Waals surface area contributed by atoms with Gasteiger partial charge in [0.1, 0.15) is 0 Å². The van der Waals surface area contributed by atoms with E-state index < -0.39 is 0 Å². The number of hydrogen-bond acceptors (Lipinski definition) is 2. The second kappa shape index (κ2) is 7.46. The minimum atomic E-state index is 0.563. The molecule has 1 fully saturated rings. The fourth-order valence-electron chi connectivity index (χ4n) is 2.48. The molecule has 100 valence electrons. The van der Waals surface area contributed by atoms with Gasteiger partial charge in [-0.05, 0) is 66.1 Å². The molecule has 0 radical (unpaired) electrons. The summed E-state index contributed by atoms with van der Waals surface area (Å²) in [7, 11) is 0. The van der Waals surface area contributed by atoms with E-state index >= 15 is 0 Å². The van der Waals surface area contributed by atoms with Crippen molar-refractivity contribution in [2.75, 3.05) is 19.8 Å². The Balaban J connectivity index is 1.97. The highest BCUT2D eigenvalue weighted by atomic mass is 127. The van der Waals surface area contributed by atoms with Gasteiger partial charge >= 0.3 is 0 Å². The van der Waals surface area contributed by atoms with Crippen LogP contribution in [0.5, 0.6) is 0 Å². The zero-order chi connectivity index (χ0) is 12.8. The molecule has 1 aromatic carbocycles. The molecule has 1 aliphatic heterocycles. The van der Waals surface area contributed by atoms with Crippen LogP contribution < -0.4 is 5.32 Å². The minimum absolute atomic E-state index is 0.563. The van der Waals surface area contributed by atoms with Crippen molar-refractivity contribution in [1.29, 1.82) is 0 Å². The van der Waals surface area contributed by atoms with E-state index in [0.29, 0.717) is 12.0 Å². The molecule has 1 aliphatic rings. The average Bonchev–Trinajstić information content (AvgIpc) is 2.90. The molecule has 0 aromatic heterocycles. The first kappa shape index (κ1) is 14.3. The first-order valence-corrected chi connectivity index (χ1v) is 7.93. The number of nitrogens with one attached hydrogen (secondary N) is 1. The molecule has 1 aromatic rings. The van der Waals surface area contributed by atoms with Crippen molar-refractivity contribution >= 4 is 22.6 Å². The van der Waals surface area contributed by atoms with E-state index in [0.717, 1.165) is 26.2 Å². The number of ether oxygens (including phenoxy) is 1. The Labute approximate surface area is 124 Å². The van der Waals surface area contributed by atoms with E-state index in [9.17, 15) is 0 Å². The van der Waals surface area contributed by atoms with Crippen molar-refractivity contribution < 1.29 is 4.74 Å². The molecular weight excluding hydrogens is 337 g/mol. The minimum Gasteiger partial charge on any atom is -0.381 e. The van der Waals surface area contributed by atoms with Crippen LogP contribution in [-0.2, 0) is 11.2 Å². The maximum absolute atomic E-state index is 5.53. The molecular formula is C15H22INO. The van der Waals surface area contributed by atoms with Gasteiger partial charge in [-0.25, -0.2) is 0 Å². The third kappa shape index (κ3) is 4.21. The first-order chi connectivity index (χ1) is 8.79. The number of benzene rings is 1. The van der Waals surface area contributed by atoms with Crippen LogP contribution in [0, 0.1) is 9.49 Å². The van der Waals surface area contributed by atoms with Gasteiger partial charge in [0.2, 0.25) is 0 Å². The predicted octanol–water partition coefficient (Wildman–Crippen LogP) is 3.24. The van der Waals surface area contributed by atoms with Crippen LogP contribution in [0.1, 0.15) is 25.3 Å². The Bertz CT molecular complexity index is 346. The summed E-state index contributed by atoms with van der Waals surface area (Å²) in [5.74, 6) is 0.677. The molecule has 18 heavy (non-hydrogen) atoms. The van der Waals surface area contributed by atoms with Gasteiger partial charge in [0, 0.05) is 22.1 Å². The fraction of sp³-hybridized carbons (Fsp3) is 0.600. The van der Waals surface area contributed by atoms with Crippen molar-refractivity contribution in [2.24, 2.45) is 5.92 Å². The summed E-state index contributed by atoms with van der Waals surface area (Å²) in [5.41, 5.74) is 1.43. The van der Waals surface area contributed by atoms with Crippen LogP contribution in [0.4, 0.5) is 0 Å². The summed E-state index contributed by atoms with van der Waals surface area (Å²) < 4.78 is 6.84. The van der Waals surface area contributed by atoms with Gasteiger partial charge in [0.15, 0.2) is 0 Å². The molecule has 1 saturated heterocycles. The van der Waals surface area contributed by atoms with Gasteiger partial charge in [-0.15, -0.1) is 0 Å². The number of rotatable bonds is 6. The van der Waals surface area contributed by atoms with Gasteiger partial charge in [-0.2, -0.15) is 0 Å². The molecule has 2 rings (SSSR count). The molecule has 0 spiro atoms. The molecule has 0 aliphatic carbocycles. The molecule has 0 amide bonds. The van der Waals surface area contributed by atoms with Crippen molar-refractivity contribution in [3.63, 3.8) is 0 Å². The van der Waals surface area contributed by atoms with Crippen LogP contribution in [0.15, 0.2) is 24.3 Å². The van der Waals surface area contributed by atoms with E-state index in [4.69, 9.17) is 4.74 Å². The van der Waals surface area contributed by atoms with Crippen LogP contribution >= 0.6 is 22.6 Å². The molecule has 2 unspecified atom stereocenters. The van der Waals surface area contributed by atoms with Gasteiger partial charge in [0.25, 0.3) is 0 Å². The Hall–Kier alpha value is -0.130. The molecule has 2 atom stereocenters. The lowest BCUT2D eigenvalue weighted by Gasteiger charge is -2.24. The van der Waals surface area contributed by atoms with Crippen LogP contribution in [-0.4, -0.2) is 25.8 Å². The summed E-state index contributed by atoms with van der Waals surface area (Å²) in [5, 5.41) is 3.69. The summed E-state index contributed by atoms with van der Waals surface area (Å²) in [6.07, 6.45) is 3.51. The molecule has 1 heterocycles. The van der Waals surface area contributed by atoms with Crippen LogP contribution in [0.3, 0.4) is 0 Å². The van der Waals surface area contributed by atoms with Crippen molar-refractivity contribution in [1.82, 2.24) is 5.32 Å². The van der Waals surface area contributed by atoms with Crippen molar-refractivity contribution in [3.05, 3.63) is 33.4 Å². The maximum Gasteiger partial charge on any atom is 0.0510 e. The lowest BCUT2D eigenvalue weighted by atomic mass is 9.93. The zero-order valence-corrected chi connectivity index (χ0v) is 13.2. The highest BCUT2D eigenvalue weighted by Gasteiger charge is 2.25. The largest absolute Gasteiger partial charge is 0.381 e. The maximum atomic E-state index is 5.53. The van der Waals surface area contributed by atoms with E-state index in [2.05, 4.69) is 59.1 Å². The summed E-state index contributed by atoms with van der Waals surface area (Å²) >= 11 is 2.36. The molecule has 2 nitrogen and oxygen atoms in total. The van der Waals surface area contributed by atoms with Crippen molar-refractivity contribution in [2.45, 2.75) is 32.2 Å². The Morgan fingerprint density at radius 3 is 2.78 bits per heavy atom. The van der Waals surface area contributed by atoms with E-state index in [1.807, 2.05) is 0 Å². The van der Waals surface area contributed by atoms with Gasteiger partial charge in [0.05, 0.1) is 6.61 Å². The van der Waals surface area contributed by atoms with E-state index in [-0.39, 0.29) is 0 Å². The van der Waals surface area contributed by atoms with Crippen LogP contribution in [0.25, 0.3) is 0 Å². The normalized spacial score (nSPS) is 21.1. The second-order valence-electron chi connectivity index (χ2n) is 5.01. The summed E-state index contributed by atoms with van der Waals surface area (Å²) in [6, 6.07) is 9.44. The average molecular weight is 359 g/mol. The molecule has 1 N–H and O–H groups in total. The first-order valence-electron chi connectivity index (χ1n) is 6.85. The molecule has 3 heteroatoms. The number of hydrogen-bond donors (Lipinski definition) is 1. The predicted molar refractivity (Wildman–Crippen MR) is 83.9 cm³/mol. The van der Waals surface area contributed by atoms with E-state index in [1.54, 1.807) is 0 Å². The standard InChI is InChI=1S/C15H22INO/c1-2-8-17-15(13-7-9-18-11-13)10-12-3-5-14(16)6-4-12/h3-6,13,15,17H,2,7-11H2,1H3.